The number of halogens is 1. The van der Waals surface area contributed by atoms with Gasteiger partial charge in [0.1, 0.15) is 5.75 Å². The lowest BCUT2D eigenvalue weighted by atomic mass is 10.1. The molecule has 1 N–H and O–H groups in total. The summed E-state index contributed by atoms with van der Waals surface area (Å²) in [6.07, 6.45) is -0.0502. The summed E-state index contributed by atoms with van der Waals surface area (Å²) in [5.41, 5.74) is 0.506. The zero-order valence-corrected chi connectivity index (χ0v) is 10.5. The summed E-state index contributed by atoms with van der Waals surface area (Å²) in [7, 11) is 0. The number of hydroxylamine groups is 2. The van der Waals surface area contributed by atoms with Crippen molar-refractivity contribution in [1.82, 2.24) is 5.06 Å². The van der Waals surface area contributed by atoms with Gasteiger partial charge in [0, 0.05) is 12.8 Å². The minimum Gasteiger partial charge on any atom is -0.506 e. The van der Waals surface area contributed by atoms with Gasteiger partial charge in [0.15, 0.2) is 0 Å². The minimum atomic E-state index is -0.745. The van der Waals surface area contributed by atoms with Crippen molar-refractivity contribution < 1.29 is 24.3 Å². The Balaban J connectivity index is 1.99. The van der Waals surface area contributed by atoms with Gasteiger partial charge < -0.3 is 9.94 Å². The summed E-state index contributed by atoms with van der Waals surface area (Å²) in [5, 5.41) is 9.83. The summed E-state index contributed by atoms with van der Waals surface area (Å²) in [5.74, 6) is -1.89. The largest absolute Gasteiger partial charge is 0.506 e. The minimum absolute atomic E-state index is 0.0527. The molecule has 100 valence electrons. The predicted molar refractivity (Wildman–Crippen MR) is 64.0 cm³/mol. The van der Waals surface area contributed by atoms with Crippen LogP contribution in [0.5, 0.6) is 5.75 Å². The van der Waals surface area contributed by atoms with Gasteiger partial charge >= 0.3 is 5.97 Å². The van der Waals surface area contributed by atoms with Crippen LogP contribution in [0.2, 0.25) is 5.02 Å². The van der Waals surface area contributed by atoms with Crippen molar-refractivity contribution in [3.63, 3.8) is 0 Å². The van der Waals surface area contributed by atoms with Crippen LogP contribution in [0.15, 0.2) is 18.2 Å². The van der Waals surface area contributed by atoms with Crippen molar-refractivity contribution in [2.45, 2.75) is 19.3 Å². The second-order valence-electron chi connectivity index (χ2n) is 4.01. The maximum atomic E-state index is 11.6. The van der Waals surface area contributed by atoms with E-state index in [0.717, 1.165) is 0 Å². The third kappa shape index (κ3) is 3.03. The third-order valence-corrected chi connectivity index (χ3v) is 2.86. The first kappa shape index (κ1) is 13.4. The average molecular weight is 284 g/mol. The van der Waals surface area contributed by atoms with Crippen molar-refractivity contribution in [2.24, 2.45) is 0 Å². The molecule has 7 heteroatoms. The van der Waals surface area contributed by atoms with Gasteiger partial charge in [0.05, 0.1) is 11.4 Å². The van der Waals surface area contributed by atoms with Crippen LogP contribution in [0.3, 0.4) is 0 Å². The predicted octanol–water partition coefficient (Wildman–Crippen LogP) is 1.20. The molecular formula is C12H10ClNO5. The molecule has 1 aliphatic heterocycles. The molecule has 19 heavy (non-hydrogen) atoms. The van der Waals surface area contributed by atoms with E-state index in [1.165, 1.54) is 18.2 Å². The summed E-state index contributed by atoms with van der Waals surface area (Å²) in [4.78, 5) is 38.8. The Bertz CT molecular complexity index is 541. The average Bonchev–Trinajstić information content (AvgIpc) is 2.66. The maximum Gasteiger partial charge on any atom is 0.337 e. The Kier molecular flexibility index (Phi) is 3.71. The molecule has 0 saturated carbocycles. The number of aromatic hydroxyl groups is 1. The lowest BCUT2D eigenvalue weighted by Gasteiger charge is -2.12. The molecule has 0 bridgehead atoms. The Morgan fingerprint density at radius 3 is 2.53 bits per heavy atom. The van der Waals surface area contributed by atoms with E-state index in [-0.39, 0.29) is 30.0 Å². The van der Waals surface area contributed by atoms with Crippen LogP contribution in [0, 0.1) is 0 Å². The van der Waals surface area contributed by atoms with Gasteiger partial charge in [-0.2, -0.15) is 0 Å². The molecule has 0 aromatic heterocycles. The number of phenolic OH excluding ortho intramolecular Hbond substituents is 1. The highest BCUT2D eigenvalue weighted by molar-refractivity contribution is 6.32. The van der Waals surface area contributed by atoms with E-state index in [2.05, 4.69) is 0 Å². The lowest BCUT2D eigenvalue weighted by Crippen LogP contribution is -2.32. The first-order valence-electron chi connectivity index (χ1n) is 5.51. The fourth-order valence-electron chi connectivity index (χ4n) is 1.62. The van der Waals surface area contributed by atoms with Crippen LogP contribution in [0.1, 0.15) is 18.4 Å². The summed E-state index contributed by atoms with van der Waals surface area (Å²) in [6.45, 7) is 0. The smallest absolute Gasteiger partial charge is 0.337 e. The number of hydrogen-bond acceptors (Lipinski definition) is 5. The quantitative estimate of drug-likeness (QED) is 0.843. The molecule has 0 spiro atoms. The number of benzene rings is 1. The number of carbonyl (C=O) groups is 3. The van der Waals surface area contributed by atoms with Gasteiger partial charge in [-0.05, 0) is 17.7 Å². The van der Waals surface area contributed by atoms with Gasteiger partial charge in [-0.15, -0.1) is 5.06 Å². The summed E-state index contributed by atoms with van der Waals surface area (Å²) < 4.78 is 0. The van der Waals surface area contributed by atoms with E-state index in [9.17, 15) is 19.5 Å². The Hall–Kier alpha value is -2.08. The molecule has 0 radical (unpaired) electrons. The molecule has 0 unspecified atom stereocenters. The van der Waals surface area contributed by atoms with Crippen molar-refractivity contribution in [1.29, 1.82) is 0 Å². The molecule has 2 rings (SSSR count). The molecule has 0 atom stereocenters. The molecule has 6 nitrogen and oxygen atoms in total. The number of hydrogen-bond donors (Lipinski definition) is 1. The zero-order valence-electron chi connectivity index (χ0n) is 9.76. The highest BCUT2D eigenvalue weighted by atomic mass is 35.5. The summed E-state index contributed by atoms with van der Waals surface area (Å²) >= 11 is 5.69. The standard InChI is InChI=1S/C12H10ClNO5/c13-8-5-7(1-2-9(8)15)6-12(18)19-14-10(16)3-4-11(14)17/h1-2,5,15H,3-4,6H2. The zero-order chi connectivity index (χ0) is 14.0. The van der Waals surface area contributed by atoms with Crippen molar-refractivity contribution in [3.8, 4) is 5.75 Å². The molecule has 1 aromatic rings. The van der Waals surface area contributed by atoms with E-state index in [1.54, 1.807) is 0 Å². The topological polar surface area (TPSA) is 83.9 Å². The fraction of sp³-hybridized carbons (Fsp3) is 0.250. The van der Waals surface area contributed by atoms with E-state index in [0.29, 0.717) is 10.6 Å². The van der Waals surface area contributed by atoms with Crippen LogP contribution in [-0.4, -0.2) is 28.0 Å². The first-order valence-corrected chi connectivity index (χ1v) is 5.89. The van der Waals surface area contributed by atoms with Gasteiger partial charge in [0.2, 0.25) is 0 Å². The summed E-state index contributed by atoms with van der Waals surface area (Å²) in [6, 6.07) is 4.25. The fourth-order valence-corrected chi connectivity index (χ4v) is 1.82. The van der Waals surface area contributed by atoms with Gasteiger partial charge in [-0.25, -0.2) is 4.79 Å². The van der Waals surface area contributed by atoms with Crippen molar-refractivity contribution in [3.05, 3.63) is 28.8 Å². The SMILES string of the molecule is O=C(Cc1ccc(O)c(Cl)c1)ON1C(=O)CCC1=O. The normalized spacial score (nSPS) is 14.9. The number of rotatable bonds is 3. The third-order valence-electron chi connectivity index (χ3n) is 2.56. The van der Waals surface area contributed by atoms with Crippen LogP contribution in [-0.2, 0) is 25.6 Å². The highest BCUT2D eigenvalue weighted by Crippen LogP contribution is 2.24. The molecular weight excluding hydrogens is 274 g/mol. The monoisotopic (exact) mass is 283 g/mol. The number of nitrogens with zero attached hydrogens (tertiary/aromatic N) is 1. The van der Waals surface area contributed by atoms with E-state index >= 15 is 0 Å². The molecule has 0 aliphatic carbocycles. The molecule has 1 heterocycles. The molecule has 1 saturated heterocycles. The van der Waals surface area contributed by atoms with Crippen LogP contribution in [0.4, 0.5) is 0 Å². The van der Waals surface area contributed by atoms with Gasteiger partial charge in [-0.3, -0.25) is 9.59 Å². The molecule has 1 aliphatic rings. The Morgan fingerprint density at radius 1 is 1.32 bits per heavy atom. The van der Waals surface area contributed by atoms with Crippen LogP contribution < -0.4 is 0 Å². The van der Waals surface area contributed by atoms with Crippen molar-refractivity contribution in [2.75, 3.05) is 0 Å². The van der Waals surface area contributed by atoms with Crippen LogP contribution in [0.25, 0.3) is 0 Å². The Labute approximate surface area is 113 Å². The molecule has 2 amide bonds. The second kappa shape index (κ2) is 5.27. The number of amides is 2. The van der Waals surface area contributed by atoms with Crippen molar-refractivity contribution >= 4 is 29.4 Å². The number of carbonyl (C=O) groups excluding carboxylic acids is 3. The second-order valence-corrected chi connectivity index (χ2v) is 4.41. The van der Waals surface area contributed by atoms with Gasteiger partial charge in [0.25, 0.3) is 11.8 Å². The lowest BCUT2D eigenvalue weighted by molar-refractivity contribution is -0.197. The Morgan fingerprint density at radius 2 is 1.95 bits per heavy atom. The van der Waals surface area contributed by atoms with Crippen LogP contribution >= 0.6 is 11.6 Å². The number of phenols is 1. The maximum absolute atomic E-state index is 11.6. The van der Waals surface area contributed by atoms with E-state index < -0.39 is 17.8 Å². The first-order chi connectivity index (χ1) is 8.97. The molecule has 1 aromatic carbocycles. The van der Waals surface area contributed by atoms with Gasteiger partial charge in [-0.1, -0.05) is 17.7 Å². The van der Waals surface area contributed by atoms with E-state index in [1.807, 2.05) is 0 Å². The molecule has 1 fully saturated rings. The van der Waals surface area contributed by atoms with E-state index in [4.69, 9.17) is 16.4 Å². The number of imide groups is 1. The highest BCUT2D eigenvalue weighted by Gasteiger charge is 2.32.